The number of ether oxygens (including phenoxy) is 4. The SMILES string of the molecule is CC(=O)OC1CC(OC[C@@]23CC[C@]4(C)C(CCC5[C@@]6(C)CC[C@H](O)C(C)(C)C6CC[C@]54C)C2=C(C(C)C)C(=O)C3)OC(CO)C1OC(C)=O. The highest BCUT2D eigenvalue weighted by molar-refractivity contribution is 6.00. The molecular formula is C40H62O9. The van der Waals surface area contributed by atoms with Crippen LogP contribution in [0.4, 0.5) is 0 Å². The van der Waals surface area contributed by atoms with Crippen molar-refractivity contribution in [2.24, 2.45) is 50.7 Å². The second-order valence-electron chi connectivity index (χ2n) is 18.4. The first-order chi connectivity index (χ1) is 22.8. The van der Waals surface area contributed by atoms with E-state index in [1.54, 1.807) is 0 Å². The molecule has 0 amide bonds. The van der Waals surface area contributed by atoms with Gasteiger partial charge in [0.25, 0.3) is 0 Å². The van der Waals surface area contributed by atoms with Gasteiger partial charge >= 0.3 is 11.9 Å². The zero-order valence-corrected chi connectivity index (χ0v) is 31.4. The summed E-state index contributed by atoms with van der Waals surface area (Å²) in [6.07, 6.45) is 5.09. The number of esters is 2. The second kappa shape index (κ2) is 12.7. The Bertz CT molecular complexity index is 1370. The van der Waals surface area contributed by atoms with Crippen LogP contribution in [-0.4, -0.2) is 71.9 Å². The normalized spacial score (nSPS) is 46.0. The van der Waals surface area contributed by atoms with E-state index in [-0.39, 0.29) is 51.8 Å². The number of hydrogen-bond donors (Lipinski definition) is 2. The summed E-state index contributed by atoms with van der Waals surface area (Å²) < 4.78 is 23.7. The van der Waals surface area contributed by atoms with Crippen LogP contribution in [0.1, 0.15) is 127 Å². The van der Waals surface area contributed by atoms with Gasteiger partial charge in [0.15, 0.2) is 18.2 Å². The van der Waals surface area contributed by atoms with E-state index < -0.39 is 48.6 Å². The maximum Gasteiger partial charge on any atom is 0.303 e. The van der Waals surface area contributed by atoms with Gasteiger partial charge in [0.1, 0.15) is 12.2 Å². The molecule has 1 saturated heterocycles. The molecule has 6 aliphatic rings. The van der Waals surface area contributed by atoms with E-state index in [1.807, 2.05) is 0 Å². The molecule has 9 heteroatoms. The van der Waals surface area contributed by atoms with Crippen molar-refractivity contribution in [3.8, 4) is 0 Å². The summed E-state index contributed by atoms with van der Waals surface area (Å²) in [4.78, 5) is 37.9. The first kappa shape index (κ1) is 37.0. The smallest absolute Gasteiger partial charge is 0.303 e. The minimum absolute atomic E-state index is 0.0225. The molecule has 1 aliphatic heterocycles. The molecule has 0 radical (unpaired) electrons. The Labute approximate surface area is 293 Å². The maximum absolute atomic E-state index is 14.0. The van der Waals surface area contributed by atoms with Crippen LogP contribution in [0, 0.1) is 50.7 Å². The first-order valence-corrected chi connectivity index (χ1v) is 19.0. The molecule has 2 N–H and O–H groups in total. The minimum Gasteiger partial charge on any atom is -0.458 e. The van der Waals surface area contributed by atoms with Gasteiger partial charge in [0, 0.05) is 32.1 Å². The van der Waals surface area contributed by atoms with Gasteiger partial charge in [0.05, 0.1) is 19.3 Å². The second-order valence-corrected chi connectivity index (χ2v) is 18.4. The number of Topliss-reactive ketones (excluding diaryl/α,β-unsaturated/α-hetero) is 1. The summed E-state index contributed by atoms with van der Waals surface area (Å²) in [6.45, 7) is 19.0. The number of allylic oxidation sites excluding steroid dienone is 1. The van der Waals surface area contributed by atoms with Crippen molar-refractivity contribution in [1.29, 1.82) is 0 Å². The molecule has 6 rings (SSSR count). The van der Waals surface area contributed by atoms with Gasteiger partial charge in [-0.25, -0.2) is 0 Å². The van der Waals surface area contributed by atoms with Crippen molar-refractivity contribution < 1.29 is 43.5 Å². The van der Waals surface area contributed by atoms with Crippen LogP contribution >= 0.6 is 0 Å². The van der Waals surface area contributed by atoms with Gasteiger partial charge < -0.3 is 29.2 Å². The molecule has 9 nitrogen and oxygen atoms in total. The molecule has 0 bridgehead atoms. The van der Waals surface area contributed by atoms with Gasteiger partial charge in [-0.15, -0.1) is 0 Å². The monoisotopic (exact) mass is 686 g/mol. The largest absolute Gasteiger partial charge is 0.458 e. The first-order valence-electron chi connectivity index (χ1n) is 19.0. The van der Waals surface area contributed by atoms with Gasteiger partial charge in [-0.1, -0.05) is 54.0 Å². The van der Waals surface area contributed by atoms with Crippen LogP contribution in [0.15, 0.2) is 11.1 Å². The van der Waals surface area contributed by atoms with Crippen LogP contribution in [0.25, 0.3) is 0 Å². The lowest BCUT2D eigenvalue weighted by Gasteiger charge is -2.72. The summed E-state index contributed by atoms with van der Waals surface area (Å²) in [5.41, 5.74) is 2.08. The molecule has 1 heterocycles. The van der Waals surface area contributed by atoms with Crippen molar-refractivity contribution in [3.63, 3.8) is 0 Å². The Balaban J connectivity index is 1.30. The molecule has 7 unspecified atom stereocenters. The summed E-state index contributed by atoms with van der Waals surface area (Å²) in [5, 5.41) is 21.3. The molecule has 276 valence electrons. The zero-order valence-electron chi connectivity index (χ0n) is 31.4. The fraction of sp³-hybridized carbons (Fsp3) is 0.875. The zero-order chi connectivity index (χ0) is 35.9. The van der Waals surface area contributed by atoms with Crippen LogP contribution < -0.4 is 0 Å². The summed E-state index contributed by atoms with van der Waals surface area (Å²) in [6, 6.07) is 0. The quantitative estimate of drug-likeness (QED) is 0.296. The number of fused-ring (bicyclic) bond motifs is 7. The lowest BCUT2D eigenvalue weighted by molar-refractivity contribution is -0.272. The Hall–Kier alpha value is -1.81. The molecule has 12 atom stereocenters. The number of hydrogen-bond acceptors (Lipinski definition) is 9. The highest BCUT2D eigenvalue weighted by atomic mass is 16.7. The van der Waals surface area contributed by atoms with Crippen LogP contribution in [0.3, 0.4) is 0 Å². The maximum atomic E-state index is 14.0. The number of carbonyl (C=O) groups is 3. The van der Waals surface area contributed by atoms with E-state index in [4.69, 9.17) is 18.9 Å². The molecule has 5 fully saturated rings. The highest BCUT2D eigenvalue weighted by Gasteiger charge is 2.70. The summed E-state index contributed by atoms with van der Waals surface area (Å²) in [7, 11) is 0. The average Bonchev–Trinajstić information content (AvgIpc) is 3.31. The van der Waals surface area contributed by atoms with Crippen molar-refractivity contribution in [1.82, 2.24) is 0 Å². The van der Waals surface area contributed by atoms with Gasteiger partial charge in [-0.3, -0.25) is 14.4 Å². The molecule has 4 saturated carbocycles. The van der Waals surface area contributed by atoms with Gasteiger partial charge in [-0.2, -0.15) is 0 Å². The predicted molar refractivity (Wildman–Crippen MR) is 183 cm³/mol. The number of ketones is 1. The fourth-order valence-corrected chi connectivity index (χ4v) is 13.0. The minimum atomic E-state index is -0.943. The topological polar surface area (TPSA) is 129 Å². The Morgan fingerprint density at radius 1 is 0.898 bits per heavy atom. The number of carbonyl (C=O) groups excluding carboxylic acids is 3. The molecule has 0 aromatic rings. The van der Waals surface area contributed by atoms with E-state index in [2.05, 4.69) is 48.5 Å². The van der Waals surface area contributed by atoms with E-state index in [9.17, 15) is 24.6 Å². The van der Waals surface area contributed by atoms with E-state index in [0.29, 0.717) is 24.9 Å². The Morgan fingerprint density at radius 3 is 2.22 bits per heavy atom. The third kappa shape index (κ3) is 5.66. The van der Waals surface area contributed by atoms with E-state index in [0.717, 1.165) is 56.9 Å². The fourth-order valence-electron chi connectivity index (χ4n) is 13.0. The Morgan fingerprint density at radius 2 is 1.59 bits per heavy atom. The highest BCUT2D eigenvalue weighted by Crippen LogP contribution is 2.76. The van der Waals surface area contributed by atoms with E-state index in [1.165, 1.54) is 19.4 Å². The van der Waals surface area contributed by atoms with Crippen molar-refractivity contribution >= 4 is 17.7 Å². The summed E-state index contributed by atoms with van der Waals surface area (Å²) >= 11 is 0. The van der Waals surface area contributed by atoms with Crippen LogP contribution in [0.2, 0.25) is 0 Å². The molecule has 0 aromatic carbocycles. The molecule has 5 aliphatic carbocycles. The van der Waals surface area contributed by atoms with Gasteiger partial charge in [-0.05, 0) is 102 Å². The lowest BCUT2D eigenvalue weighted by Crippen LogP contribution is -2.65. The predicted octanol–water partition coefficient (Wildman–Crippen LogP) is 6.32. The van der Waals surface area contributed by atoms with Crippen molar-refractivity contribution in [2.45, 2.75) is 157 Å². The summed E-state index contributed by atoms with van der Waals surface area (Å²) in [5.74, 6) is 0.595. The number of aliphatic hydroxyl groups is 2. The average molecular weight is 687 g/mol. The molecule has 0 spiro atoms. The van der Waals surface area contributed by atoms with Crippen LogP contribution in [-0.2, 0) is 33.3 Å². The molecule has 49 heavy (non-hydrogen) atoms. The Kier molecular flexibility index (Phi) is 9.58. The third-order valence-electron chi connectivity index (χ3n) is 15.4. The number of rotatable bonds is 7. The third-order valence-corrected chi connectivity index (χ3v) is 15.4. The standard InChI is InChI=1S/C40H62O9/c1-22(2)33-26(44)19-40(21-46-32-18-27(47-23(3)42)35(48-24(4)43)28(20-41)49-32)17-16-38(8)25(34(33)40)10-11-30-37(7)14-13-31(45)36(5,6)29(37)12-15-39(30,38)9/h22,25,27-32,35,41,45H,10-21H2,1-9H3/t25?,27?,28?,29?,30?,31-,32?,35?,37-,38+,39+,40-/m0/s1. The van der Waals surface area contributed by atoms with E-state index >= 15 is 0 Å². The molecular weight excluding hydrogens is 624 g/mol. The van der Waals surface area contributed by atoms with Crippen LogP contribution in [0.5, 0.6) is 0 Å². The molecule has 0 aromatic heterocycles. The van der Waals surface area contributed by atoms with Gasteiger partial charge in [0.2, 0.25) is 0 Å². The lowest BCUT2D eigenvalue weighted by atomic mass is 9.33. The van der Waals surface area contributed by atoms with Crippen molar-refractivity contribution in [3.05, 3.63) is 11.1 Å². The van der Waals surface area contributed by atoms with Crippen molar-refractivity contribution in [2.75, 3.05) is 13.2 Å². The number of aliphatic hydroxyl groups excluding tert-OH is 2.